The molecule has 0 bridgehead atoms. The van der Waals surface area contributed by atoms with Gasteiger partial charge in [-0.05, 0) is 38.5 Å². The van der Waals surface area contributed by atoms with Gasteiger partial charge in [-0.25, -0.2) is 8.42 Å². The molecule has 1 aliphatic rings. The van der Waals surface area contributed by atoms with Crippen molar-refractivity contribution in [3.63, 3.8) is 0 Å². The van der Waals surface area contributed by atoms with E-state index in [-0.39, 0.29) is 6.04 Å². The summed E-state index contributed by atoms with van der Waals surface area (Å²) in [6, 6.07) is 11.5. The number of anilines is 1. The Kier molecular flexibility index (Phi) is 6.02. The minimum absolute atomic E-state index is 0.257. The van der Waals surface area contributed by atoms with Crippen LogP contribution < -0.4 is 19.1 Å². The van der Waals surface area contributed by atoms with E-state index in [0.717, 1.165) is 21.7 Å². The van der Waals surface area contributed by atoms with Gasteiger partial charge in [-0.1, -0.05) is 29.8 Å². The molecule has 0 spiro atoms. The summed E-state index contributed by atoms with van der Waals surface area (Å²) in [6.07, 6.45) is 1.08. The Hall–Kier alpha value is -2.74. The molecule has 1 heterocycles. The SMILES string of the molecule is Cc1ccc(C(C)NC(=O)C(C)N(c2ccc3c(c2)OCCO3)S(C)(=O)=O)cc1. The number of benzene rings is 2. The second-order valence-electron chi connectivity index (χ2n) is 7.20. The Morgan fingerprint density at radius 1 is 1.03 bits per heavy atom. The topological polar surface area (TPSA) is 84.9 Å². The van der Waals surface area contributed by atoms with Crippen LogP contribution >= 0.6 is 0 Å². The third kappa shape index (κ3) is 4.82. The lowest BCUT2D eigenvalue weighted by molar-refractivity contribution is -0.122. The lowest BCUT2D eigenvalue weighted by atomic mass is 10.1. The van der Waals surface area contributed by atoms with Crippen LogP contribution in [0.1, 0.15) is 31.0 Å². The molecule has 1 N–H and O–H groups in total. The molecule has 0 saturated heterocycles. The fourth-order valence-corrected chi connectivity index (χ4v) is 4.42. The maximum atomic E-state index is 12.9. The van der Waals surface area contributed by atoms with Crippen LogP contribution in [0, 0.1) is 6.92 Å². The quantitative estimate of drug-likeness (QED) is 0.780. The first-order valence-electron chi connectivity index (χ1n) is 9.43. The zero-order valence-corrected chi connectivity index (χ0v) is 17.8. The van der Waals surface area contributed by atoms with Crippen molar-refractivity contribution in [3.8, 4) is 11.5 Å². The van der Waals surface area contributed by atoms with E-state index in [2.05, 4.69) is 5.32 Å². The van der Waals surface area contributed by atoms with Crippen LogP contribution in [0.5, 0.6) is 11.5 Å². The van der Waals surface area contributed by atoms with Gasteiger partial charge in [0, 0.05) is 6.07 Å². The molecule has 1 aliphatic heterocycles. The fraction of sp³-hybridized carbons (Fsp3) is 0.381. The number of hydrogen-bond acceptors (Lipinski definition) is 5. The average Bonchev–Trinajstić information content (AvgIpc) is 2.67. The van der Waals surface area contributed by atoms with Crippen molar-refractivity contribution in [2.24, 2.45) is 0 Å². The number of hydrogen-bond donors (Lipinski definition) is 1. The normalized spacial score (nSPS) is 15.3. The molecule has 0 fully saturated rings. The van der Waals surface area contributed by atoms with Crippen LogP contribution in [0.3, 0.4) is 0 Å². The van der Waals surface area contributed by atoms with Gasteiger partial charge in [0.05, 0.1) is 18.0 Å². The number of nitrogens with one attached hydrogen (secondary N) is 1. The van der Waals surface area contributed by atoms with Gasteiger partial charge in [0.1, 0.15) is 19.3 Å². The van der Waals surface area contributed by atoms with Crippen LogP contribution in [0.25, 0.3) is 0 Å². The fourth-order valence-electron chi connectivity index (χ4n) is 3.25. The summed E-state index contributed by atoms with van der Waals surface area (Å²) in [4.78, 5) is 12.9. The molecule has 156 valence electrons. The van der Waals surface area contributed by atoms with E-state index in [1.807, 2.05) is 38.1 Å². The first kappa shape index (κ1) is 21.0. The number of sulfonamides is 1. The van der Waals surface area contributed by atoms with Gasteiger partial charge in [0.25, 0.3) is 0 Å². The molecule has 29 heavy (non-hydrogen) atoms. The lowest BCUT2D eigenvalue weighted by Gasteiger charge is -2.30. The number of aryl methyl sites for hydroxylation is 1. The Morgan fingerprint density at radius 3 is 2.28 bits per heavy atom. The lowest BCUT2D eigenvalue weighted by Crippen LogP contribution is -2.48. The summed E-state index contributed by atoms with van der Waals surface area (Å²) in [5, 5.41) is 2.90. The summed E-state index contributed by atoms with van der Waals surface area (Å²) in [7, 11) is -3.72. The van der Waals surface area contributed by atoms with Gasteiger partial charge < -0.3 is 14.8 Å². The van der Waals surface area contributed by atoms with E-state index in [1.54, 1.807) is 25.1 Å². The van der Waals surface area contributed by atoms with Gasteiger partial charge in [0.2, 0.25) is 15.9 Å². The molecular formula is C21H26N2O5S. The maximum Gasteiger partial charge on any atom is 0.244 e. The molecule has 3 rings (SSSR count). The zero-order valence-electron chi connectivity index (χ0n) is 17.0. The largest absolute Gasteiger partial charge is 0.486 e. The molecule has 8 heteroatoms. The Labute approximate surface area is 171 Å². The van der Waals surface area contributed by atoms with Crippen molar-refractivity contribution >= 4 is 21.6 Å². The van der Waals surface area contributed by atoms with Crippen LogP contribution in [0.4, 0.5) is 5.69 Å². The summed E-state index contributed by atoms with van der Waals surface area (Å²) in [5.74, 6) is 0.625. The van der Waals surface area contributed by atoms with Crippen molar-refractivity contribution in [1.82, 2.24) is 5.32 Å². The van der Waals surface area contributed by atoms with Gasteiger partial charge >= 0.3 is 0 Å². The molecule has 1 amide bonds. The standard InChI is InChI=1S/C21H26N2O5S/c1-14-5-7-17(8-6-14)15(2)22-21(24)16(3)23(29(4,25)26)18-9-10-19-20(13-18)28-12-11-27-19/h5-10,13,15-16H,11-12H2,1-4H3,(H,22,24). The molecule has 2 atom stereocenters. The number of rotatable bonds is 6. The van der Waals surface area contributed by atoms with Crippen LogP contribution in [-0.4, -0.2) is 39.8 Å². The molecule has 2 aromatic rings. The van der Waals surface area contributed by atoms with Crippen molar-refractivity contribution in [1.29, 1.82) is 0 Å². The number of nitrogens with zero attached hydrogens (tertiary/aromatic N) is 1. The van der Waals surface area contributed by atoms with Crippen molar-refractivity contribution < 1.29 is 22.7 Å². The average molecular weight is 419 g/mol. The van der Waals surface area contributed by atoms with Crippen molar-refractivity contribution in [3.05, 3.63) is 53.6 Å². The maximum absolute atomic E-state index is 12.9. The van der Waals surface area contributed by atoms with Gasteiger partial charge in [-0.15, -0.1) is 0 Å². The summed E-state index contributed by atoms with van der Waals surface area (Å²) in [5.41, 5.74) is 2.42. The minimum atomic E-state index is -3.72. The van der Waals surface area contributed by atoms with Crippen molar-refractivity contribution in [2.45, 2.75) is 32.9 Å². The second-order valence-corrected chi connectivity index (χ2v) is 9.06. The summed E-state index contributed by atoms with van der Waals surface area (Å²) >= 11 is 0. The van der Waals surface area contributed by atoms with Gasteiger partial charge in [-0.2, -0.15) is 0 Å². The third-order valence-corrected chi connectivity index (χ3v) is 6.05. The van der Waals surface area contributed by atoms with E-state index in [4.69, 9.17) is 9.47 Å². The van der Waals surface area contributed by atoms with Gasteiger partial charge in [0.15, 0.2) is 11.5 Å². The van der Waals surface area contributed by atoms with E-state index in [9.17, 15) is 13.2 Å². The predicted octanol–water partition coefficient (Wildman–Crippen LogP) is 2.80. The Balaban J connectivity index is 1.83. The number of ether oxygens (including phenoxy) is 2. The molecule has 0 radical (unpaired) electrons. The monoisotopic (exact) mass is 418 g/mol. The molecule has 2 aromatic carbocycles. The number of carbonyl (C=O) groups is 1. The Morgan fingerprint density at radius 2 is 1.66 bits per heavy atom. The highest BCUT2D eigenvalue weighted by molar-refractivity contribution is 7.92. The smallest absolute Gasteiger partial charge is 0.244 e. The van der Waals surface area contributed by atoms with E-state index >= 15 is 0 Å². The number of amides is 1. The summed E-state index contributed by atoms with van der Waals surface area (Å²) < 4.78 is 37.2. The van der Waals surface area contributed by atoms with Crippen LogP contribution in [0.2, 0.25) is 0 Å². The Bertz CT molecular complexity index is 989. The number of fused-ring (bicyclic) bond motifs is 1. The molecule has 0 aromatic heterocycles. The highest BCUT2D eigenvalue weighted by Crippen LogP contribution is 2.35. The van der Waals surface area contributed by atoms with E-state index in [0.29, 0.717) is 30.4 Å². The van der Waals surface area contributed by atoms with Crippen LogP contribution in [-0.2, 0) is 14.8 Å². The van der Waals surface area contributed by atoms with Crippen LogP contribution in [0.15, 0.2) is 42.5 Å². The molecule has 2 unspecified atom stereocenters. The highest BCUT2D eigenvalue weighted by Gasteiger charge is 2.31. The molecular weight excluding hydrogens is 392 g/mol. The summed E-state index contributed by atoms with van der Waals surface area (Å²) in [6.45, 7) is 6.25. The van der Waals surface area contributed by atoms with E-state index < -0.39 is 22.0 Å². The van der Waals surface area contributed by atoms with Gasteiger partial charge in [-0.3, -0.25) is 9.10 Å². The van der Waals surface area contributed by atoms with Crippen molar-refractivity contribution in [2.75, 3.05) is 23.8 Å². The first-order valence-corrected chi connectivity index (χ1v) is 11.3. The molecule has 0 saturated carbocycles. The molecule has 7 nitrogen and oxygen atoms in total. The second kappa shape index (κ2) is 8.32. The first-order chi connectivity index (χ1) is 13.7. The zero-order chi connectivity index (χ0) is 21.2. The molecule has 0 aliphatic carbocycles. The third-order valence-electron chi connectivity index (χ3n) is 4.80. The number of carbonyl (C=O) groups excluding carboxylic acids is 1. The minimum Gasteiger partial charge on any atom is -0.486 e. The predicted molar refractivity (Wildman–Crippen MR) is 112 cm³/mol. The van der Waals surface area contributed by atoms with E-state index in [1.165, 1.54) is 0 Å². The highest BCUT2D eigenvalue weighted by atomic mass is 32.2.